The molecule has 1 heterocycles. The molecule has 1 rings (SSSR count). The van der Waals surface area contributed by atoms with Gasteiger partial charge in [0.15, 0.2) is 0 Å². The van der Waals surface area contributed by atoms with Gasteiger partial charge in [-0.1, -0.05) is 0 Å². The molecule has 0 fully saturated rings. The molecule has 0 saturated heterocycles. The number of rotatable bonds is 5. The second-order valence-corrected chi connectivity index (χ2v) is 6.62. The number of nitrogens with zero attached hydrogens (tertiary/aromatic N) is 1. The van der Waals surface area contributed by atoms with Crippen molar-refractivity contribution in [3.05, 3.63) is 18.3 Å². The van der Waals surface area contributed by atoms with Crippen LogP contribution in [0.25, 0.3) is 0 Å². The van der Waals surface area contributed by atoms with Gasteiger partial charge < -0.3 is 0 Å². The second-order valence-electron chi connectivity index (χ2n) is 2.83. The Hall–Kier alpha value is -0.251. The van der Waals surface area contributed by atoms with Gasteiger partial charge in [0.05, 0.1) is 0 Å². The maximum absolute atomic E-state index is 5.26. The molecule has 0 unspecified atom stereocenters. The van der Waals surface area contributed by atoms with E-state index >= 15 is 0 Å². The van der Waals surface area contributed by atoms with Crippen molar-refractivity contribution >= 4 is 24.9 Å². The third-order valence-electron chi connectivity index (χ3n) is 1.81. The average molecular weight is 284 g/mol. The first-order valence-electron chi connectivity index (χ1n) is 4.61. The Kier molecular flexibility index (Phi) is 5.20. The van der Waals surface area contributed by atoms with Gasteiger partial charge in [0.1, 0.15) is 0 Å². The van der Waals surface area contributed by atoms with Gasteiger partial charge in [0, 0.05) is 0 Å². The standard InChI is InChI=1S/C6H6NO.C4H9.Sn/c1-8-6-3-2-4-7-5-6;1-3-4-2;/h2-4H,1H3;1,3-4H2,2H3;. The molecular formula is C10H15NOSn. The van der Waals surface area contributed by atoms with Crippen LogP contribution in [0.4, 0.5) is 0 Å². The Morgan fingerprint density at radius 2 is 2.38 bits per heavy atom. The third kappa shape index (κ3) is 3.54. The summed E-state index contributed by atoms with van der Waals surface area (Å²) in [6.45, 7) is 2.23. The summed E-state index contributed by atoms with van der Waals surface area (Å²) in [5.41, 5.74) is 0. The number of methoxy groups -OCH3 is 1. The van der Waals surface area contributed by atoms with E-state index in [-0.39, 0.29) is 0 Å². The molecule has 0 aliphatic rings. The Balaban J connectivity index is 2.54. The van der Waals surface area contributed by atoms with E-state index in [9.17, 15) is 0 Å². The topological polar surface area (TPSA) is 22.1 Å². The van der Waals surface area contributed by atoms with Gasteiger partial charge in [-0.25, -0.2) is 0 Å². The molecular weight excluding hydrogens is 269 g/mol. The van der Waals surface area contributed by atoms with Crippen LogP contribution in [-0.4, -0.2) is 33.2 Å². The van der Waals surface area contributed by atoms with E-state index in [1.807, 2.05) is 18.3 Å². The third-order valence-corrected chi connectivity index (χ3v) is 5.56. The normalized spacial score (nSPS) is 10.0. The average Bonchev–Trinajstić information content (AvgIpc) is 2.19. The fourth-order valence-electron chi connectivity index (χ4n) is 1.07. The van der Waals surface area contributed by atoms with Crippen molar-refractivity contribution in [2.45, 2.75) is 24.2 Å². The predicted molar refractivity (Wildman–Crippen MR) is 55.9 cm³/mol. The van der Waals surface area contributed by atoms with Crippen molar-refractivity contribution < 1.29 is 4.74 Å². The monoisotopic (exact) mass is 285 g/mol. The van der Waals surface area contributed by atoms with E-state index in [4.69, 9.17) is 4.74 Å². The van der Waals surface area contributed by atoms with Gasteiger partial charge in [0.2, 0.25) is 0 Å². The number of ether oxygens (including phenoxy) is 1. The Morgan fingerprint density at radius 3 is 3.08 bits per heavy atom. The Morgan fingerprint density at radius 1 is 1.54 bits per heavy atom. The van der Waals surface area contributed by atoms with Gasteiger partial charge in [-0.3, -0.25) is 0 Å². The van der Waals surface area contributed by atoms with Gasteiger partial charge in [-0.15, -0.1) is 0 Å². The van der Waals surface area contributed by atoms with E-state index < -0.39 is 21.1 Å². The van der Waals surface area contributed by atoms with Gasteiger partial charge in [-0.05, 0) is 0 Å². The Labute approximate surface area is 89.9 Å². The zero-order valence-corrected chi connectivity index (χ0v) is 11.1. The van der Waals surface area contributed by atoms with Crippen molar-refractivity contribution in [1.29, 1.82) is 0 Å². The molecule has 0 atom stereocenters. The van der Waals surface area contributed by atoms with Crippen LogP contribution >= 0.6 is 0 Å². The molecule has 0 bridgehead atoms. The molecule has 1 aromatic rings. The van der Waals surface area contributed by atoms with Crippen molar-refractivity contribution in [2.24, 2.45) is 0 Å². The maximum atomic E-state index is 5.26. The quantitative estimate of drug-likeness (QED) is 0.605. The van der Waals surface area contributed by atoms with Crippen molar-refractivity contribution in [2.75, 3.05) is 7.11 Å². The van der Waals surface area contributed by atoms with Crippen LogP contribution in [0.5, 0.6) is 5.75 Å². The van der Waals surface area contributed by atoms with Crippen LogP contribution in [0.1, 0.15) is 19.8 Å². The molecule has 0 aliphatic heterocycles. The van der Waals surface area contributed by atoms with E-state index in [0.29, 0.717) is 0 Å². The van der Waals surface area contributed by atoms with E-state index in [2.05, 4.69) is 11.9 Å². The Bertz CT molecular complexity index is 252. The summed E-state index contributed by atoms with van der Waals surface area (Å²) in [4.78, 5) is 4.37. The van der Waals surface area contributed by atoms with Crippen molar-refractivity contribution in [1.82, 2.24) is 4.98 Å². The van der Waals surface area contributed by atoms with E-state index in [0.717, 1.165) is 5.75 Å². The number of hydrogen-bond acceptors (Lipinski definition) is 2. The molecule has 0 spiro atoms. The van der Waals surface area contributed by atoms with E-state index in [1.54, 1.807) is 7.11 Å². The summed E-state index contributed by atoms with van der Waals surface area (Å²) in [7, 11) is 1.72. The minimum absolute atomic E-state index is 0.473. The van der Waals surface area contributed by atoms with E-state index in [1.165, 1.54) is 21.0 Å². The summed E-state index contributed by atoms with van der Waals surface area (Å²) >= 11 is -0.473. The van der Waals surface area contributed by atoms with Crippen LogP contribution in [0.2, 0.25) is 4.44 Å². The summed E-state index contributed by atoms with van der Waals surface area (Å²) in [5, 5.41) is 0. The minimum atomic E-state index is -0.473. The first-order chi connectivity index (χ1) is 6.38. The van der Waals surface area contributed by atoms with Gasteiger partial charge in [0.25, 0.3) is 0 Å². The molecule has 2 nitrogen and oxygen atoms in total. The van der Waals surface area contributed by atoms with Crippen LogP contribution in [0, 0.1) is 0 Å². The number of unbranched alkanes of at least 4 members (excludes halogenated alkanes) is 1. The molecule has 0 aromatic carbocycles. The SMILES string of the molecule is CCC[CH2][Sn][c]1ncccc1OC. The molecule has 70 valence electrons. The molecule has 3 heteroatoms. The first kappa shape index (κ1) is 10.8. The molecule has 2 radical (unpaired) electrons. The molecule has 1 aromatic heterocycles. The predicted octanol–water partition coefficient (Wildman–Crippen LogP) is 1.64. The summed E-state index contributed by atoms with van der Waals surface area (Å²) in [6.07, 6.45) is 4.49. The van der Waals surface area contributed by atoms with Crippen LogP contribution < -0.4 is 8.45 Å². The van der Waals surface area contributed by atoms with Crippen LogP contribution in [-0.2, 0) is 0 Å². The van der Waals surface area contributed by atoms with Crippen LogP contribution in [0.3, 0.4) is 0 Å². The molecule has 0 saturated carbocycles. The molecule has 0 amide bonds. The molecule has 0 N–H and O–H groups in total. The summed E-state index contributed by atoms with van der Waals surface area (Å²) in [6, 6.07) is 3.94. The fourth-order valence-corrected chi connectivity index (χ4v) is 4.76. The number of aromatic nitrogens is 1. The van der Waals surface area contributed by atoms with Gasteiger partial charge in [-0.2, -0.15) is 0 Å². The zero-order chi connectivity index (χ0) is 9.52. The fraction of sp³-hybridized carbons (Fsp3) is 0.500. The second kappa shape index (κ2) is 6.24. The van der Waals surface area contributed by atoms with Gasteiger partial charge >= 0.3 is 90.0 Å². The van der Waals surface area contributed by atoms with Crippen LogP contribution in [0.15, 0.2) is 18.3 Å². The molecule has 0 aliphatic carbocycles. The summed E-state index contributed by atoms with van der Waals surface area (Å²) in [5.74, 6) is 0.991. The number of pyridine rings is 1. The van der Waals surface area contributed by atoms with Crippen molar-refractivity contribution in [3.63, 3.8) is 0 Å². The zero-order valence-electron chi connectivity index (χ0n) is 8.21. The molecule has 13 heavy (non-hydrogen) atoms. The number of hydrogen-bond donors (Lipinski definition) is 0. The first-order valence-corrected chi connectivity index (χ1v) is 8.06. The summed E-state index contributed by atoms with van der Waals surface area (Å²) < 4.78 is 7.88. The van der Waals surface area contributed by atoms with Crippen molar-refractivity contribution in [3.8, 4) is 5.75 Å².